The van der Waals surface area contributed by atoms with Gasteiger partial charge in [0.1, 0.15) is 0 Å². The first-order valence-electron chi connectivity index (χ1n) is 5.20. The summed E-state index contributed by atoms with van der Waals surface area (Å²) < 4.78 is 29.5. The minimum Gasteiger partial charge on any atom is -0.313 e. The molecular formula is C11H17NO3S. The van der Waals surface area contributed by atoms with E-state index >= 15 is 0 Å². The van der Waals surface area contributed by atoms with Crippen LogP contribution in [-0.2, 0) is 16.5 Å². The van der Waals surface area contributed by atoms with Gasteiger partial charge in [0, 0.05) is 12.6 Å². The highest BCUT2D eigenvalue weighted by atomic mass is 32.2. The van der Waals surface area contributed by atoms with E-state index in [2.05, 4.69) is 5.32 Å². The number of hydrogen-bond acceptors (Lipinski definition) is 3. The summed E-state index contributed by atoms with van der Waals surface area (Å²) in [5.41, 5.74) is 1.20. The molecule has 90 valence electrons. The molecule has 0 aliphatic carbocycles. The first kappa shape index (κ1) is 13.2. The molecule has 4 nitrogen and oxygen atoms in total. The van der Waals surface area contributed by atoms with Crippen molar-refractivity contribution in [1.29, 1.82) is 0 Å². The zero-order valence-electron chi connectivity index (χ0n) is 9.26. The van der Waals surface area contributed by atoms with Crippen molar-refractivity contribution in [3.8, 4) is 0 Å². The molecule has 0 saturated heterocycles. The van der Waals surface area contributed by atoms with Gasteiger partial charge in [-0.05, 0) is 18.9 Å². The Morgan fingerprint density at radius 1 is 1.31 bits per heavy atom. The van der Waals surface area contributed by atoms with Crippen molar-refractivity contribution in [2.24, 2.45) is 0 Å². The fourth-order valence-corrected chi connectivity index (χ4v) is 1.85. The summed E-state index contributed by atoms with van der Waals surface area (Å²) in [4.78, 5) is 0. The molecule has 1 atom stereocenters. The van der Waals surface area contributed by atoms with Gasteiger partial charge in [-0.2, -0.15) is 8.42 Å². The van der Waals surface area contributed by atoms with E-state index in [0.29, 0.717) is 0 Å². The molecule has 1 rings (SSSR count). The van der Waals surface area contributed by atoms with E-state index in [9.17, 15) is 8.42 Å². The van der Waals surface area contributed by atoms with Crippen molar-refractivity contribution in [2.45, 2.75) is 19.4 Å². The van der Waals surface area contributed by atoms with Crippen LogP contribution in [0.25, 0.3) is 0 Å². The monoisotopic (exact) mass is 243 g/mol. The molecule has 1 aromatic carbocycles. The quantitative estimate of drug-likeness (QED) is 0.734. The predicted molar refractivity (Wildman–Crippen MR) is 64.0 cm³/mol. The highest BCUT2D eigenvalue weighted by molar-refractivity contribution is 7.85. The van der Waals surface area contributed by atoms with Crippen molar-refractivity contribution < 1.29 is 13.0 Å². The molecule has 16 heavy (non-hydrogen) atoms. The van der Waals surface area contributed by atoms with Crippen LogP contribution in [0, 0.1) is 0 Å². The number of hydrogen-bond donors (Lipinski definition) is 2. The van der Waals surface area contributed by atoms with Gasteiger partial charge in [-0.1, -0.05) is 30.3 Å². The number of benzene rings is 1. The summed E-state index contributed by atoms with van der Waals surface area (Å²) in [6.45, 7) is 2.25. The Morgan fingerprint density at radius 3 is 2.50 bits per heavy atom. The molecule has 5 heteroatoms. The lowest BCUT2D eigenvalue weighted by molar-refractivity contribution is 0.476. The van der Waals surface area contributed by atoms with Crippen molar-refractivity contribution in [2.75, 3.05) is 12.3 Å². The molecule has 0 amide bonds. The molecule has 2 N–H and O–H groups in total. The summed E-state index contributed by atoms with van der Waals surface area (Å²) in [5.74, 6) is -0.244. The Kier molecular flexibility index (Phi) is 4.92. The Balaban J connectivity index is 2.29. The summed E-state index contributed by atoms with van der Waals surface area (Å²) in [7, 11) is -3.86. The first-order chi connectivity index (χ1) is 7.47. The van der Waals surface area contributed by atoms with E-state index in [0.717, 1.165) is 6.42 Å². The van der Waals surface area contributed by atoms with Crippen LogP contribution in [-0.4, -0.2) is 31.3 Å². The standard InChI is InChI=1S/C11H17NO3S/c1-10(12-7-8-16(13,14)15)9-11-5-3-2-4-6-11/h2-6,10,12H,7-9H2,1H3,(H,13,14,15). The third-order valence-electron chi connectivity index (χ3n) is 2.24. The van der Waals surface area contributed by atoms with E-state index in [4.69, 9.17) is 4.55 Å². The average molecular weight is 243 g/mol. The largest absolute Gasteiger partial charge is 0.313 e. The van der Waals surface area contributed by atoms with Crippen molar-refractivity contribution >= 4 is 10.1 Å². The molecule has 0 aliphatic heterocycles. The van der Waals surface area contributed by atoms with Gasteiger partial charge in [-0.15, -0.1) is 0 Å². The van der Waals surface area contributed by atoms with E-state index in [1.807, 2.05) is 37.3 Å². The molecule has 1 unspecified atom stereocenters. The van der Waals surface area contributed by atoms with Crippen LogP contribution in [0.15, 0.2) is 30.3 Å². The maximum absolute atomic E-state index is 10.5. The summed E-state index contributed by atoms with van der Waals surface area (Å²) in [6.07, 6.45) is 0.840. The molecule has 0 aliphatic rings. The third-order valence-corrected chi connectivity index (χ3v) is 2.96. The van der Waals surface area contributed by atoms with Crippen LogP contribution in [0.4, 0.5) is 0 Å². The molecule has 0 spiro atoms. The van der Waals surface area contributed by atoms with Gasteiger partial charge in [0.2, 0.25) is 0 Å². The van der Waals surface area contributed by atoms with Crippen LogP contribution in [0.3, 0.4) is 0 Å². The van der Waals surface area contributed by atoms with E-state index in [-0.39, 0.29) is 18.3 Å². The van der Waals surface area contributed by atoms with Crippen molar-refractivity contribution in [3.63, 3.8) is 0 Å². The SMILES string of the molecule is CC(Cc1ccccc1)NCCS(=O)(=O)O. The zero-order chi connectivity index (χ0) is 12.0. The second-order valence-electron chi connectivity index (χ2n) is 3.83. The second-order valence-corrected chi connectivity index (χ2v) is 5.40. The minimum absolute atomic E-state index is 0.184. The van der Waals surface area contributed by atoms with Crippen LogP contribution in [0.2, 0.25) is 0 Å². The van der Waals surface area contributed by atoms with E-state index in [1.165, 1.54) is 5.56 Å². The lowest BCUT2D eigenvalue weighted by Gasteiger charge is -2.12. The van der Waals surface area contributed by atoms with Gasteiger partial charge < -0.3 is 5.32 Å². The highest BCUT2D eigenvalue weighted by Gasteiger charge is 2.06. The highest BCUT2D eigenvalue weighted by Crippen LogP contribution is 2.02. The molecule has 0 radical (unpaired) electrons. The summed E-state index contributed by atoms with van der Waals surface area (Å²) in [6, 6.07) is 10.1. The van der Waals surface area contributed by atoms with Gasteiger partial charge in [0.25, 0.3) is 10.1 Å². The van der Waals surface area contributed by atoms with Crippen LogP contribution < -0.4 is 5.32 Å². The lowest BCUT2D eigenvalue weighted by atomic mass is 10.1. The number of nitrogens with one attached hydrogen (secondary N) is 1. The topological polar surface area (TPSA) is 66.4 Å². The van der Waals surface area contributed by atoms with Crippen LogP contribution >= 0.6 is 0 Å². The summed E-state index contributed by atoms with van der Waals surface area (Å²) >= 11 is 0. The normalized spacial score (nSPS) is 13.6. The van der Waals surface area contributed by atoms with E-state index in [1.54, 1.807) is 0 Å². The Labute approximate surface area is 96.4 Å². The van der Waals surface area contributed by atoms with Gasteiger partial charge in [-0.25, -0.2) is 0 Å². The maximum atomic E-state index is 10.5. The fourth-order valence-electron chi connectivity index (χ4n) is 1.47. The van der Waals surface area contributed by atoms with Gasteiger partial charge in [-0.3, -0.25) is 4.55 Å². The van der Waals surface area contributed by atoms with Gasteiger partial charge in [0.15, 0.2) is 0 Å². The molecule has 0 aromatic heterocycles. The van der Waals surface area contributed by atoms with Crippen molar-refractivity contribution in [3.05, 3.63) is 35.9 Å². The lowest BCUT2D eigenvalue weighted by Crippen LogP contribution is -2.32. The van der Waals surface area contributed by atoms with Gasteiger partial charge >= 0.3 is 0 Å². The van der Waals surface area contributed by atoms with Crippen LogP contribution in [0.1, 0.15) is 12.5 Å². The van der Waals surface area contributed by atoms with E-state index < -0.39 is 10.1 Å². The Hall–Kier alpha value is -0.910. The first-order valence-corrected chi connectivity index (χ1v) is 6.81. The molecule has 0 heterocycles. The zero-order valence-corrected chi connectivity index (χ0v) is 10.1. The molecular weight excluding hydrogens is 226 g/mol. The van der Waals surface area contributed by atoms with Crippen LogP contribution in [0.5, 0.6) is 0 Å². The van der Waals surface area contributed by atoms with Gasteiger partial charge in [0.05, 0.1) is 5.75 Å². The Morgan fingerprint density at radius 2 is 1.94 bits per heavy atom. The third kappa shape index (κ3) is 5.85. The average Bonchev–Trinajstić information content (AvgIpc) is 2.17. The van der Waals surface area contributed by atoms with Crippen molar-refractivity contribution in [1.82, 2.24) is 5.32 Å². The smallest absolute Gasteiger partial charge is 0.266 e. The maximum Gasteiger partial charge on any atom is 0.266 e. The minimum atomic E-state index is -3.86. The molecule has 0 bridgehead atoms. The molecule has 0 saturated carbocycles. The number of rotatable bonds is 6. The second kappa shape index (κ2) is 5.98. The fraction of sp³-hybridized carbons (Fsp3) is 0.455. The summed E-state index contributed by atoms with van der Waals surface area (Å²) in [5, 5.41) is 3.05. The molecule has 0 fully saturated rings. The Bertz CT molecular complexity index is 402. The molecule has 1 aromatic rings. The predicted octanol–water partition coefficient (Wildman–Crippen LogP) is 1.09.